The van der Waals surface area contributed by atoms with Crippen molar-refractivity contribution in [1.82, 2.24) is 10.2 Å². The maximum Gasteiger partial charge on any atom is 0.250 e. The summed E-state index contributed by atoms with van der Waals surface area (Å²) in [5, 5.41) is 15.0. The number of aliphatic hydroxyl groups excluding tert-OH is 1. The molecule has 3 aliphatic heterocycles. The molecule has 1 aromatic rings. The van der Waals surface area contributed by atoms with E-state index in [-0.39, 0.29) is 29.2 Å². The molecule has 2 bridgehead atoms. The normalized spacial score (nSPS) is 30.4. The van der Waals surface area contributed by atoms with Crippen molar-refractivity contribution >= 4 is 39.3 Å². The Morgan fingerprint density at radius 2 is 1.92 bits per heavy atom. The van der Waals surface area contributed by atoms with Crippen LogP contribution in [0.25, 0.3) is 0 Å². The van der Waals surface area contributed by atoms with Gasteiger partial charge in [0, 0.05) is 30.2 Å². The molecular weight excluding hydrogens is 530 g/mol. The van der Waals surface area contributed by atoms with Gasteiger partial charge in [-0.05, 0) is 49.9 Å². The van der Waals surface area contributed by atoms with Crippen LogP contribution in [0.5, 0.6) is 5.75 Å². The van der Waals surface area contributed by atoms with Crippen LogP contribution in [0.2, 0.25) is 0 Å². The fraction of sp³-hybridized carbons (Fsp3) is 0.654. The zero-order valence-electron chi connectivity index (χ0n) is 20.9. The maximum absolute atomic E-state index is 13.9. The Hall–Kier alpha value is -2.17. The first-order chi connectivity index (χ1) is 17.4. The van der Waals surface area contributed by atoms with Crippen molar-refractivity contribution in [1.29, 1.82) is 0 Å². The van der Waals surface area contributed by atoms with E-state index in [1.165, 1.54) is 0 Å². The molecule has 9 nitrogen and oxygen atoms in total. The van der Waals surface area contributed by atoms with Crippen LogP contribution in [-0.2, 0) is 19.1 Å². The van der Waals surface area contributed by atoms with Gasteiger partial charge in [-0.3, -0.25) is 14.4 Å². The number of rotatable bonds is 12. The first-order valence-corrected chi connectivity index (χ1v) is 13.7. The second kappa shape index (κ2) is 11.5. The molecule has 3 saturated heterocycles. The summed E-state index contributed by atoms with van der Waals surface area (Å²) in [6.45, 7) is 3.04. The zero-order valence-corrected chi connectivity index (χ0v) is 22.5. The van der Waals surface area contributed by atoms with E-state index in [9.17, 15) is 14.4 Å². The number of hydrogen-bond donors (Lipinski definition) is 3. The number of alkyl halides is 1. The lowest BCUT2D eigenvalue weighted by Gasteiger charge is -2.34. The van der Waals surface area contributed by atoms with E-state index in [0.717, 1.165) is 19.3 Å². The highest BCUT2D eigenvalue weighted by atomic mass is 79.9. The van der Waals surface area contributed by atoms with Crippen LogP contribution >= 0.6 is 15.9 Å². The number of nitrogens with zero attached hydrogens (tertiary/aromatic N) is 1. The highest BCUT2D eigenvalue weighted by molar-refractivity contribution is 9.09. The zero-order chi connectivity index (χ0) is 25.9. The Morgan fingerprint density at radius 1 is 1.19 bits per heavy atom. The Bertz CT molecular complexity index is 960. The number of hydrogen-bond acceptors (Lipinski definition) is 6. The first-order valence-electron chi connectivity index (χ1n) is 12.8. The number of ether oxygens (including phenoxy) is 2. The van der Waals surface area contributed by atoms with Crippen molar-refractivity contribution in [3.8, 4) is 5.75 Å². The molecule has 3 aliphatic rings. The van der Waals surface area contributed by atoms with Crippen LogP contribution in [0.15, 0.2) is 24.3 Å². The van der Waals surface area contributed by atoms with Gasteiger partial charge in [-0.1, -0.05) is 35.7 Å². The summed E-state index contributed by atoms with van der Waals surface area (Å²) in [7, 11) is 1.58. The number of carbonyl (C=O) groups excluding carboxylic acids is 3. The van der Waals surface area contributed by atoms with E-state index in [1.807, 2.05) is 6.92 Å². The molecule has 3 fully saturated rings. The third-order valence-corrected chi connectivity index (χ3v) is 8.40. The fourth-order valence-corrected chi connectivity index (χ4v) is 6.91. The number of halogens is 1. The molecule has 36 heavy (non-hydrogen) atoms. The van der Waals surface area contributed by atoms with Crippen LogP contribution in [-0.4, -0.2) is 77.1 Å². The van der Waals surface area contributed by atoms with Gasteiger partial charge in [-0.25, -0.2) is 0 Å². The van der Waals surface area contributed by atoms with Gasteiger partial charge in [-0.15, -0.1) is 0 Å². The number of unbranched alkanes of at least 4 members (excludes halogenated alkanes) is 3. The molecule has 3 amide bonds. The number of methoxy groups -OCH3 is 1. The minimum absolute atomic E-state index is 0.125. The smallest absolute Gasteiger partial charge is 0.250 e. The predicted molar refractivity (Wildman–Crippen MR) is 138 cm³/mol. The summed E-state index contributed by atoms with van der Waals surface area (Å²) in [4.78, 5) is 42.3. The van der Waals surface area contributed by atoms with Crippen molar-refractivity contribution in [2.75, 3.05) is 32.1 Å². The number of likely N-dealkylation sites (tertiary alicyclic amines) is 1. The number of nitrogens with one attached hydrogen (secondary N) is 2. The van der Waals surface area contributed by atoms with E-state index in [2.05, 4.69) is 26.6 Å². The number of carbonyl (C=O) groups is 3. The minimum atomic E-state index is -1.06. The Kier molecular flexibility index (Phi) is 8.57. The summed E-state index contributed by atoms with van der Waals surface area (Å²) in [6.07, 6.45) is 3.90. The molecule has 10 heteroatoms. The summed E-state index contributed by atoms with van der Waals surface area (Å²) >= 11 is 3.68. The van der Waals surface area contributed by atoms with Crippen molar-refractivity contribution in [3.05, 3.63) is 24.3 Å². The molecule has 0 aromatic heterocycles. The molecule has 198 valence electrons. The van der Waals surface area contributed by atoms with Crippen molar-refractivity contribution in [2.45, 2.75) is 68.0 Å². The van der Waals surface area contributed by atoms with Gasteiger partial charge in [0.2, 0.25) is 17.7 Å². The quantitative estimate of drug-likeness (QED) is 0.265. The maximum atomic E-state index is 13.9. The lowest BCUT2D eigenvalue weighted by molar-refractivity contribution is -0.140. The molecule has 0 saturated carbocycles. The SMILES string of the molecule is CCCNC(=O)[C@H]1[C@H]2C(=O)N(CCCCCCO)C(C(=O)Nc3ccc(OC)cc3)C23CC(Br)[C@@H]1O3. The highest BCUT2D eigenvalue weighted by Gasteiger charge is 2.76. The summed E-state index contributed by atoms with van der Waals surface area (Å²) in [5.74, 6) is -1.36. The third-order valence-electron chi connectivity index (χ3n) is 7.55. The van der Waals surface area contributed by atoms with E-state index < -0.39 is 29.6 Å². The number of fused-ring (bicyclic) bond motifs is 1. The van der Waals surface area contributed by atoms with Gasteiger partial charge in [0.05, 0.1) is 25.0 Å². The Labute approximate surface area is 220 Å². The third kappa shape index (κ3) is 4.87. The lowest BCUT2D eigenvalue weighted by atomic mass is 9.70. The molecule has 0 radical (unpaired) electrons. The second-order valence-electron chi connectivity index (χ2n) is 9.84. The number of anilines is 1. The molecule has 1 spiro atoms. The van der Waals surface area contributed by atoms with Crippen LogP contribution < -0.4 is 15.4 Å². The highest BCUT2D eigenvalue weighted by Crippen LogP contribution is 2.60. The van der Waals surface area contributed by atoms with Crippen molar-refractivity contribution < 1.29 is 29.0 Å². The number of benzene rings is 1. The average Bonchev–Trinajstić information content (AvgIpc) is 3.46. The predicted octanol–water partition coefficient (Wildman–Crippen LogP) is 2.46. The topological polar surface area (TPSA) is 117 Å². The Morgan fingerprint density at radius 3 is 2.58 bits per heavy atom. The van der Waals surface area contributed by atoms with Gasteiger partial charge in [0.25, 0.3) is 0 Å². The molecule has 4 rings (SSSR count). The molecule has 0 aliphatic carbocycles. The van der Waals surface area contributed by atoms with E-state index >= 15 is 0 Å². The molecular formula is C26H36BrN3O6. The Balaban J connectivity index is 1.62. The van der Waals surface area contributed by atoms with E-state index in [4.69, 9.17) is 14.6 Å². The van der Waals surface area contributed by atoms with Crippen LogP contribution in [0.3, 0.4) is 0 Å². The minimum Gasteiger partial charge on any atom is -0.497 e. The monoisotopic (exact) mass is 565 g/mol. The van der Waals surface area contributed by atoms with Gasteiger partial charge in [0.1, 0.15) is 17.4 Å². The average molecular weight is 566 g/mol. The van der Waals surface area contributed by atoms with Gasteiger partial charge >= 0.3 is 0 Å². The molecule has 3 N–H and O–H groups in total. The molecule has 6 atom stereocenters. The van der Waals surface area contributed by atoms with Crippen LogP contribution in [0, 0.1) is 11.8 Å². The molecule has 1 aromatic carbocycles. The summed E-state index contributed by atoms with van der Waals surface area (Å²) in [6, 6.07) is 6.18. The van der Waals surface area contributed by atoms with Gasteiger partial charge in [-0.2, -0.15) is 0 Å². The molecule has 3 unspecified atom stereocenters. The lowest BCUT2D eigenvalue weighted by Crippen LogP contribution is -2.54. The summed E-state index contributed by atoms with van der Waals surface area (Å²) in [5.41, 5.74) is -0.470. The number of aliphatic hydroxyl groups is 1. The largest absolute Gasteiger partial charge is 0.497 e. The summed E-state index contributed by atoms with van der Waals surface area (Å²) < 4.78 is 11.7. The van der Waals surface area contributed by atoms with Gasteiger partial charge in [0.15, 0.2) is 0 Å². The van der Waals surface area contributed by atoms with Crippen LogP contribution in [0.4, 0.5) is 5.69 Å². The van der Waals surface area contributed by atoms with Crippen molar-refractivity contribution in [2.24, 2.45) is 11.8 Å². The van der Waals surface area contributed by atoms with Gasteiger partial charge < -0.3 is 30.1 Å². The van der Waals surface area contributed by atoms with Crippen molar-refractivity contribution in [3.63, 3.8) is 0 Å². The van der Waals surface area contributed by atoms with Crippen LogP contribution in [0.1, 0.15) is 45.4 Å². The van der Waals surface area contributed by atoms with E-state index in [1.54, 1.807) is 36.3 Å². The number of amides is 3. The first kappa shape index (κ1) is 26.9. The molecule has 3 heterocycles. The second-order valence-corrected chi connectivity index (χ2v) is 11.0. The fourth-order valence-electron chi connectivity index (χ4n) is 5.97. The van der Waals surface area contributed by atoms with E-state index in [0.29, 0.717) is 43.8 Å². The standard InChI is InChI=1S/C26H36BrN3O6/c1-3-12-28-23(32)19-20-25(34)30(13-6-4-5-7-14-31)22(26(20)15-18(27)21(19)36-26)24(33)29-16-8-10-17(35-2)11-9-16/h8-11,18-22,31H,3-7,12-15H2,1-2H3,(H,28,32)(H,29,33)/t18?,19-,20-,21-,22?,26?/m0/s1.